The van der Waals surface area contributed by atoms with Crippen molar-refractivity contribution in [3.8, 4) is 11.1 Å². The number of benzene rings is 1. The highest BCUT2D eigenvalue weighted by molar-refractivity contribution is 5.65. The molecule has 3 nitrogen and oxygen atoms in total. The zero-order valence-corrected chi connectivity index (χ0v) is 10.3. The van der Waals surface area contributed by atoms with Crippen LogP contribution in [0.3, 0.4) is 0 Å². The Balaban J connectivity index is 2.45. The van der Waals surface area contributed by atoms with Crippen LogP contribution in [-0.4, -0.2) is 9.97 Å². The molecule has 2 rings (SSSR count). The van der Waals surface area contributed by atoms with Crippen molar-refractivity contribution in [2.24, 2.45) is 5.73 Å². The third kappa shape index (κ3) is 2.50. The zero-order chi connectivity index (χ0) is 12.3. The molecule has 0 saturated heterocycles. The normalized spacial score (nSPS) is 10.5. The van der Waals surface area contributed by atoms with Crippen LogP contribution in [0.5, 0.6) is 0 Å². The van der Waals surface area contributed by atoms with Gasteiger partial charge < -0.3 is 5.73 Å². The van der Waals surface area contributed by atoms with Gasteiger partial charge in [0.25, 0.3) is 0 Å². The fraction of sp³-hybridized carbons (Fsp3) is 0.286. The molecule has 0 saturated carbocycles. The highest BCUT2D eigenvalue weighted by Gasteiger charge is 2.05. The molecular formula is C14H17N3. The van der Waals surface area contributed by atoms with E-state index in [1.165, 1.54) is 0 Å². The number of rotatable bonds is 3. The molecule has 0 spiro atoms. The predicted molar refractivity (Wildman–Crippen MR) is 69.5 cm³/mol. The van der Waals surface area contributed by atoms with E-state index in [9.17, 15) is 0 Å². The molecular weight excluding hydrogens is 210 g/mol. The van der Waals surface area contributed by atoms with Gasteiger partial charge in [0.05, 0.1) is 0 Å². The highest BCUT2D eigenvalue weighted by atomic mass is 14.9. The van der Waals surface area contributed by atoms with E-state index in [1.807, 2.05) is 25.3 Å². The van der Waals surface area contributed by atoms with Gasteiger partial charge in [0.1, 0.15) is 5.82 Å². The molecule has 3 heteroatoms. The number of nitrogens with zero attached hydrogens (tertiary/aromatic N) is 2. The van der Waals surface area contributed by atoms with Crippen molar-refractivity contribution >= 4 is 0 Å². The minimum absolute atomic E-state index is 0.556. The van der Waals surface area contributed by atoms with Crippen LogP contribution in [0, 0.1) is 6.92 Å². The Kier molecular flexibility index (Phi) is 3.49. The Labute approximate surface area is 102 Å². The van der Waals surface area contributed by atoms with Crippen molar-refractivity contribution in [2.75, 3.05) is 0 Å². The van der Waals surface area contributed by atoms with E-state index in [0.29, 0.717) is 6.54 Å². The second-order valence-corrected chi connectivity index (χ2v) is 4.04. The number of aromatic nitrogens is 2. The largest absolute Gasteiger partial charge is 0.326 e. The molecule has 1 aromatic carbocycles. The van der Waals surface area contributed by atoms with E-state index in [1.54, 1.807) is 0 Å². The predicted octanol–water partition coefficient (Wildman–Crippen LogP) is 2.47. The second kappa shape index (κ2) is 5.06. The van der Waals surface area contributed by atoms with E-state index >= 15 is 0 Å². The van der Waals surface area contributed by atoms with Crippen molar-refractivity contribution in [3.63, 3.8) is 0 Å². The summed E-state index contributed by atoms with van der Waals surface area (Å²) in [5.41, 5.74) is 10.0. The lowest BCUT2D eigenvalue weighted by molar-refractivity contribution is 0.920. The third-order valence-electron chi connectivity index (χ3n) is 2.82. The Hall–Kier alpha value is -1.74. The molecule has 0 bridgehead atoms. The fourth-order valence-corrected chi connectivity index (χ4v) is 1.83. The smallest absolute Gasteiger partial charge is 0.128 e. The summed E-state index contributed by atoms with van der Waals surface area (Å²) >= 11 is 0. The number of nitrogens with two attached hydrogens (primary N) is 1. The molecule has 0 aliphatic rings. The maximum absolute atomic E-state index is 5.65. The molecule has 88 valence electrons. The Morgan fingerprint density at radius 1 is 1.29 bits per heavy atom. The lowest BCUT2D eigenvalue weighted by Crippen LogP contribution is -1.99. The minimum Gasteiger partial charge on any atom is -0.326 e. The summed E-state index contributed by atoms with van der Waals surface area (Å²) in [7, 11) is 0. The standard InChI is InChI=1S/C14H17N3/c1-3-14-16-9-13(10(2)17-14)12-6-4-5-11(7-12)8-15/h4-7,9H,3,8,15H2,1-2H3. The van der Waals surface area contributed by atoms with Crippen molar-refractivity contribution in [2.45, 2.75) is 26.8 Å². The van der Waals surface area contributed by atoms with E-state index in [4.69, 9.17) is 5.73 Å². The maximum Gasteiger partial charge on any atom is 0.128 e. The highest BCUT2D eigenvalue weighted by Crippen LogP contribution is 2.22. The maximum atomic E-state index is 5.65. The van der Waals surface area contributed by atoms with Gasteiger partial charge in [-0.15, -0.1) is 0 Å². The molecule has 1 aromatic heterocycles. The summed E-state index contributed by atoms with van der Waals surface area (Å²) in [6.45, 7) is 4.63. The van der Waals surface area contributed by atoms with E-state index in [0.717, 1.165) is 34.6 Å². The summed E-state index contributed by atoms with van der Waals surface area (Å²) in [4.78, 5) is 8.83. The first kappa shape index (κ1) is 11.7. The SMILES string of the molecule is CCc1ncc(-c2cccc(CN)c2)c(C)n1. The summed E-state index contributed by atoms with van der Waals surface area (Å²) < 4.78 is 0. The summed E-state index contributed by atoms with van der Waals surface area (Å²) in [5, 5.41) is 0. The molecule has 0 unspecified atom stereocenters. The van der Waals surface area contributed by atoms with Gasteiger partial charge in [0.2, 0.25) is 0 Å². The summed E-state index contributed by atoms with van der Waals surface area (Å²) in [6, 6.07) is 8.21. The van der Waals surface area contributed by atoms with Crippen molar-refractivity contribution in [1.82, 2.24) is 9.97 Å². The van der Waals surface area contributed by atoms with E-state index < -0.39 is 0 Å². The van der Waals surface area contributed by atoms with Gasteiger partial charge in [-0.05, 0) is 24.1 Å². The van der Waals surface area contributed by atoms with Crippen LogP contribution in [0.25, 0.3) is 11.1 Å². The molecule has 1 heterocycles. The molecule has 17 heavy (non-hydrogen) atoms. The second-order valence-electron chi connectivity index (χ2n) is 4.04. The van der Waals surface area contributed by atoms with Gasteiger partial charge in [-0.3, -0.25) is 0 Å². The Morgan fingerprint density at radius 3 is 2.76 bits per heavy atom. The van der Waals surface area contributed by atoms with Crippen LogP contribution in [0.1, 0.15) is 24.0 Å². The van der Waals surface area contributed by atoms with E-state index in [2.05, 4.69) is 29.0 Å². The molecule has 0 radical (unpaired) electrons. The Bertz CT molecular complexity index is 521. The van der Waals surface area contributed by atoms with Gasteiger partial charge in [-0.1, -0.05) is 25.1 Å². The molecule has 0 atom stereocenters. The van der Waals surface area contributed by atoms with Crippen LogP contribution in [-0.2, 0) is 13.0 Å². The van der Waals surface area contributed by atoms with Crippen molar-refractivity contribution in [1.29, 1.82) is 0 Å². The van der Waals surface area contributed by atoms with E-state index in [-0.39, 0.29) is 0 Å². The average Bonchev–Trinajstić information content (AvgIpc) is 2.38. The van der Waals surface area contributed by atoms with Crippen LogP contribution in [0.15, 0.2) is 30.5 Å². The van der Waals surface area contributed by atoms with Gasteiger partial charge in [-0.2, -0.15) is 0 Å². The first-order valence-electron chi connectivity index (χ1n) is 5.86. The molecule has 0 amide bonds. The van der Waals surface area contributed by atoms with Crippen molar-refractivity contribution in [3.05, 3.63) is 47.5 Å². The number of hydrogen-bond acceptors (Lipinski definition) is 3. The third-order valence-corrected chi connectivity index (χ3v) is 2.82. The zero-order valence-electron chi connectivity index (χ0n) is 10.3. The quantitative estimate of drug-likeness (QED) is 0.876. The van der Waals surface area contributed by atoms with Crippen LogP contribution >= 0.6 is 0 Å². The molecule has 2 N–H and O–H groups in total. The lowest BCUT2D eigenvalue weighted by Gasteiger charge is -2.07. The number of hydrogen-bond donors (Lipinski definition) is 1. The van der Waals surface area contributed by atoms with Crippen molar-refractivity contribution < 1.29 is 0 Å². The average molecular weight is 227 g/mol. The summed E-state index contributed by atoms with van der Waals surface area (Å²) in [5.74, 6) is 0.890. The van der Waals surface area contributed by atoms with Gasteiger partial charge >= 0.3 is 0 Å². The minimum atomic E-state index is 0.556. The first-order valence-corrected chi connectivity index (χ1v) is 5.86. The van der Waals surface area contributed by atoms with Gasteiger partial charge in [-0.25, -0.2) is 9.97 Å². The Morgan fingerprint density at radius 2 is 2.12 bits per heavy atom. The molecule has 0 fully saturated rings. The molecule has 0 aliphatic heterocycles. The fourth-order valence-electron chi connectivity index (χ4n) is 1.83. The van der Waals surface area contributed by atoms with Crippen LogP contribution in [0.4, 0.5) is 0 Å². The van der Waals surface area contributed by atoms with Crippen LogP contribution < -0.4 is 5.73 Å². The topological polar surface area (TPSA) is 51.8 Å². The molecule has 2 aromatic rings. The van der Waals surface area contributed by atoms with Crippen LogP contribution in [0.2, 0.25) is 0 Å². The summed E-state index contributed by atoms with van der Waals surface area (Å²) in [6.07, 6.45) is 2.76. The van der Waals surface area contributed by atoms with Gasteiger partial charge in [0, 0.05) is 30.4 Å². The first-order chi connectivity index (χ1) is 8.24. The number of aryl methyl sites for hydroxylation is 2. The molecule has 0 aliphatic carbocycles. The monoisotopic (exact) mass is 227 g/mol. The lowest BCUT2D eigenvalue weighted by atomic mass is 10.0. The van der Waals surface area contributed by atoms with Gasteiger partial charge in [0.15, 0.2) is 0 Å².